The molecular weight excluding hydrogens is 312 g/mol. The lowest BCUT2D eigenvalue weighted by Gasteiger charge is -2.21. The molecule has 3 nitrogen and oxygen atoms in total. The fraction of sp³-hybridized carbons (Fsp3) is 0.692. The molecule has 0 fully saturated rings. The third-order valence-electron chi connectivity index (χ3n) is 2.67. The van der Waals surface area contributed by atoms with Crippen molar-refractivity contribution in [3.63, 3.8) is 0 Å². The monoisotopic (exact) mass is 332 g/mol. The van der Waals surface area contributed by atoms with Crippen molar-refractivity contribution in [1.29, 1.82) is 0 Å². The summed E-state index contributed by atoms with van der Waals surface area (Å²) in [5, 5.41) is 0. The van der Waals surface area contributed by atoms with Crippen molar-refractivity contribution in [1.82, 2.24) is 9.97 Å². The third kappa shape index (κ3) is 3.87. The summed E-state index contributed by atoms with van der Waals surface area (Å²) in [5.74, 6) is 1.20. The highest BCUT2D eigenvalue weighted by Gasteiger charge is 2.19. The van der Waals surface area contributed by atoms with Gasteiger partial charge in [-0.2, -0.15) is 0 Å². The molecule has 0 aliphatic carbocycles. The second kappa shape index (κ2) is 7.36. The normalized spacial score (nSPS) is 13.0. The van der Waals surface area contributed by atoms with Crippen LogP contribution in [0.3, 0.4) is 0 Å². The Kier molecular flexibility index (Phi) is 6.46. The van der Waals surface area contributed by atoms with Crippen molar-refractivity contribution in [2.45, 2.75) is 46.6 Å². The molecule has 5 heteroatoms. The molecule has 0 aliphatic rings. The lowest BCUT2D eigenvalue weighted by molar-refractivity contribution is 0.0229. The first kappa shape index (κ1) is 15.8. The van der Waals surface area contributed by atoms with E-state index < -0.39 is 0 Å². The van der Waals surface area contributed by atoms with E-state index in [1.165, 1.54) is 0 Å². The number of aryl methyl sites for hydroxylation is 1. The molecule has 1 aromatic heterocycles. The number of hydrogen-bond acceptors (Lipinski definition) is 3. The Morgan fingerprint density at radius 1 is 1.39 bits per heavy atom. The Labute approximate surface area is 122 Å². The van der Waals surface area contributed by atoms with Crippen LogP contribution in [-0.4, -0.2) is 16.6 Å². The highest BCUT2D eigenvalue weighted by Crippen LogP contribution is 2.26. The van der Waals surface area contributed by atoms with Gasteiger partial charge in [0.1, 0.15) is 16.6 Å². The molecular formula is C13H21BrN2OS. The van der Waals surface area contributed by atoms with Crippen LogP contribution in [0.1, 0.15) is 51.7 Å². The van der Waals surface area contributed by atoms with E-state index in [1.807, 2.05) is 6.92 Å². The molecule has 1 atom stereocenters. The summed E-state index contributed by atoms with van der Waals surface area (Å²) in [6.07, 6.45) is 1.99. The maximum absolute atomic E-state index is 5.76. The summed E-state index contributed by atoms with van der Waals surface area (Å²) in [6.45, 7) is 9.06. The summed E-state index contributed by atoms with van der Waals surface area (Å²) < 4.78 is 7.28. The van der Waals surface area contributed by atoms with Crippen LogP contribution >= 0.6 is 28.1 Å². The minimum absolute atomic E-state index is 0.0274. The van der Waals surface area contributed by atoms with E-state index in [9.17, 15) is 0 Å². The van der Waals surface area contributed by atoms with E-state index in [4.69, 9.17) is 17.0 Å². The van der Waals surface area contributed by atoms with Crippen LogP contribution in [0.2, 0.25) is 0 Å². The zero-order valence-electron chi connectivity index (χ0n) is 11.4. The largest absolute Gasteiger partial charge is 0.370 e. The van der Waals surface area contributed by atoms with Crippen LogP contribution in [0.15, 0.2) is 4.47 Å². The molecule has 1 heterocycles. The zero-order chi connectivity index (χ0) is 13.7. The lowest BCUT2D eigenvalue weighted by atomic mass is 10.1. The summed E-state index contributed by atoms with van der Waals surface area (Å²) in [4.78, 5) is 7.81. The summed E-state index contributed by atoms with van der Waals surface area (Å²) >= 11 is 8.80. The highest BCUT2D eigenvalue weighted by atomic mass is 79.9. The van der Waals surface area contributed by atoms with Gasteiger partial charge >= 0.3 is 0 Å². The Balaban J connectivity index is 3.19. The molecule has 0 radical (unpaired) electrons. The maximum Gasteiger partial charge on any atom is 0.144 e. The predicted octanol–water partition coefficient (Wildman–Crippen LogP) is 4.59. The minimum Gasteiger partial charge on any atom is -0.370 e. The van der Waals surface area contributed by atoms with E-state index in [2.05, 4.69) is 46.7 Å². The summed E-state index contributed by atoms with van der Waals surface area (Å²) in [7, 11) is 0. The smallest absolute Gasteiger partial charge is 0.144 e. The van der Waals surface area contributed by atoms with Gasteiger partial charge in [-0.1, -0.05) is 39.4 Å². The number of ether oxygens (including phenoxy) is 1. The van der Waals surface area contributed by atoms with Gasteiger partial charge in [-0.15, -0.1) is 0 Å². The molecule has 0 aromatic carbocycles. The minimum atomic E-state index is -0.0274. The first-order chi connectivity index (χ1) is 8.51. The molecule has 0 spiro atoms. The molecule has 102 valence electrons. The van der Waals surface area contributed by atoms with Crippen molar-refractivity contribution in [3.8, 4) is 0 Å². The van der Waals surface area contributed by atoms with Crippen molar-refractivity contribution in [2.24, 2.45) is 5.92 Å². The number of H-pyrrole nitrogens is 1. The zero-order valence-corrected chi connectivity index (χ0v) is 13.8. The average Bonchev–Trinajstić information content (AvgIpc) is 2.31. The number of aromatic amines is 1. The van der Waals surface area contributed by atoms with Crippen molar-refractivity contribution < 1.29 is 4.74 Å². The Morgan fingerprint density at radius 2 is 2.06 bits per heavy atom. The number of nitrogens with one attached hydrogen (secondary N) is 1. The van der Waals surface area contributed by atoms with Gasteiger partial charge in [0.2, 0.25) is 0 Å². The van der Waals surface area contributed by atoms with E-state index in [1.54, 1.807) is 0 Å². The number of aromatic nitrogens is 2. The summed E-state index contributed by atoms with van der Waals surface area (Å²) in [6, 6.07) is 0. The van der Waals surface area contributed by atoms with Gasteiger partial charge in [-0.05, 0) is 35.2 Å². The first-order valence-electron chi connectivity index (χ1n) is 6.41. The first-order valence-corrected chi connectivity index (χ1v) is 7.61. The maximum atomic E-state index is 5.76. The number of nitrogens with zero attached hydrogens (tertiary/aromatic N) is 1. The topological polar surface area (TPSA) is 37.9 Å². The molecule has 1 unspecified atom stereocenters. The van der Waals surface area contributed by atoms with Crippen LogP contribution in [-0.2, 0) is 11.2 Å². The number of hydrogen-bond donors (Lipinski definition) is 1. The molecule has 0 aliphatic heterocycles. The van der Waals surface area contributed by atoms with Crippen molar-refractivity contribution in [2.75, 3.05) is 6.61 Å². The molecule has 1 aromatic rings. The third-order valence-corrected chi connectivity index (χ3v) is 4.09. The molecule has 18 heavy (non-hydrogen) atoms. The standard InChI is InChI=1S/C13H21BrN2OS/c1-5-7-9-10(14)13(18)16-12(15-9)11(8(3)4)17-6-2/h8,11H,5-7H2,1-4H3,(H,15,16,18). The highest BCUT2D eigenvalue weighted by molar-refractivity contribution is 9.10. The Bertz CT molecular complexity index is 445. The van der Waals surface area contributed by atoms with Crippen LogP contribution in [0.4, 0.5) is 0 Å². The van der Waals surface area contributed by atoms with E-state index in [0.29, 0.717) is 17.2 Å². The van der Waals surface area contributed by atoms with Gasteiger partial charge < -0.3 is 9.72 Å². The van der Waals surface area contributed by atoms with Gasteiger partial charge in [-0.3, -0.25) is 0 Å². The predicted molar refractivity (Wildman–Crippen MR) is 80.3 cm³/mol. The average molecular weight is 333 g/mol. The quantitative estimate of drug-likeness (QED) is 0.774. The van der Waals surface area contributed by atoms with Crippen LogP contribution in [0, 0.1) is 10.6 Å². The SMILES string of the molecule is CCCc1[nH]c(C(OCC)C(C)C)nc(=S)c1Br. The molecule has 0 amide bonds. The lowest BCUT2D eigenvalue weighted by Crippen LogP contribution is -2.16. The second-order valence-corrected chi connectivity index (χ2v) is 5.77. The van der Waals surface area contributed by atoms with E-state index >= 15 is 0 Å². The molecule has 0 saturated carbocycles. The van der Waals surface area contributed by atoms with Gasteiger partial charge in [0, 0.05) is 12.3 Å². The molecule has 1 rings (SSSR count). The fourth-order valence-corrected chi connectivity index (χ4v) is 2.46. The van der Waals surface area contributed by atoms with Crippen LogP contribution in [0.5, 0.6) is 0 Å². The fourth-order valence-electron chi connectivity index (χ4n) is 1.85. The number of halogens is 1. The van der Waals surface area contributed by atoms with Gasteiger partial charge in [-0.25, -0.2) is 4.98 Å². The van der Waals surface area contributed by atoms with Crippen molar-refractivity contribution >= 4 is 28.1 Å². The van der Waals surface area contributed by atoms with E-state index in [0.717, 1.165) is 28.8 Å². The van der Waals surface area contributed by atoms with E-state index in [-0.39, 0.29) is 6.10 Å². The van der Waals surface area contributed by atoms with Gasteiger partial charge in [0.05, 0.1) is 4.47 Å². The molecule has 0 saturated heterocycles. The van der Waals surface area contributed by atoms with Crippen LogP contribution < -0.4 is 0 Å². The second-order valence-electron chi connectivity index (χ2n) is 4.59. The van der Waals surface area contributed by atoms with Gasteiger partial charge in [0.25, 0.3) is 0 Å². The van der Waals surface area contributed by atoms with Gasteiger partial charge in [0.15, 0.2) is 0 Å². The molecule has 1 N–H and O–H groups in total. The number of rotatable bonds is 6. The Morgan fingerprint density at radius 3 is 2.56 bits per heavy atom. The summed E-state index contributed by atoms with van der Waals surface area (Å²) in [5.41, 5.74) is 1.11. The van der Waals surface area contributed by atoms with Crippen molar-refractivity contribution in [3.05, 3.63) is 20.6 Å². The Hall–Kier alpha value is -0.260. The van der Waals surface area contributed by atoms with Crippen LogP contribution in [0.25, 0.3) is 0 Å². The molecule has 0 bridgehead atoms.